The van der Waals surface area contributed by atoms with Gasteiger partial charge in [0.15, 0.2) is 0 Å². The molecular weight excluding hydrogens is 310 g/mol. The van der Waals surface area contributed by atoms with E-state index < -0.39 is 5.97 Å². The molecule has 23 heavy (non-hydrogen) atoms. The number of aromatic hydroxyl groups is 1. The lowest BCUT2D eigenvalue weighted by Crippen LogP contribution is -1.95. The lowest BCUT2D eigenvalue weighted by atomic mass is 10.1. The Bertz CT molecular complexity index is 869. The van der Waals surface area contributed by atoms with Crippen molar-refractivity contribution in [1.29, 1.82) is 0 Å². The average Bonchev–Trinajstić information content (AvgIpc) is 2.98. The number of carbonyl (C=O) groups is 1. The minimum atomic E-state index is -0.988. The van der Waals surface area contributed by atoms with Crippen molar-refractivity contribution in [3.8, 4) is 17.0 Å². The van der Waals surface area contributed by atoms with Gasteiger partial charge in [-0.2, -0.15) is 0 Å². The molecular formula is C18H13NO3S. The van der Waals surface area contributed by atoms with Crippen LogP contribution in [0.2, 0.25) is 0 Å². The highest BCUT2D eigenvalue weighted by Gasteiger charge is 2.17. The van der Waals surface area contributed by atoms with Gasteiger partial charge in [-0.05, 0) is 23.8 Å². The first kappa shape index (κ1) is 15.0. The summed E-state index contributed by atoms with van der Waals surface area (Å²) in [5.74, 6) is -0.805. The van der Waals surface area contributed by atoms with Crippen molar-refractivity contribution in [3.63, 3.8) is 0 Å². The topological polar surface area (TPSA) is 70.4 Å². The van der Waals surface area contributed by atoms with Crippen LogP contribution in [0.25, 0.3) is 23.4 Å². The number of rotatable bonds is 4. The molecule has 4 nitrogen and oxygen atoms in total. The Kier molecular flexibility index (Phi) is 4.21. The van der Waals surface area contributed by atoms with Crippen LogP contribution in [0.5, 0.6) is 5.75 Å². The molecule has 0 spiro atoms. The zero-order chi connectivity index (χ0) is 16.2. The summed E-state index contributed by atoms with van der Waals surface area (Å²) in [5, 5.41) is 19.4. The average molecular weight is 323 g/mol. The van der Waals surface area contributed by atoms with E-state index in [4.69, 9.17) is 0 Å². The molecule has 0 fully saturated rings. The molecule has 0 amide bonds. The summed E-state index contributed by atoms with van der Waals surface area (Å²) in [6, 6.07) is 16.1. The van der Waals surface area contributed by atoms with Gasteiger partial charge in [0.2, 0.25) is 0 Å². The van der Waals surface area contributed by atoms with Crippen molar-refractivity contribution >= 4 is 29.5 Å². The fraction of sp³-hybridized carbons (Fsp3) is 0. The summed E-state index contributed by atoms with van der Waals surface area (Å²) in [7, 11) is 0. The zero-order valence-electron chi connectivity index (χ0n) is 12.0. The molecule has 3 aromatic rings. The van der Waals surface area contributed by atoms with E-state index in [0.717, 1.165) is 22.5 Å². The molecule has 3 rings (SSSR count). The molecule has 2 aromatic carbocycles. The van der Waals surface area contributed by atoms with Gasteiger partial charge in [0, 0.05) is 5.56 Å². The maximum Gasteiger partial charge on any atom is 0.348 e. The third-order valence-corrected chi connectivity index (χ3v) is 4.18. The lowest BCUT2D eigenvalue weighted by Gasteiger charge is -1.97. The third kappa shape index (κ3) is 3.46. The smallest absolute Gasteiger partial charge is 0.348 e. The fourth-order valence-corrected chi connectivity index (χ4v) is 2.97. The van der Waals surface area contributed by atoms with E-state index in [2.05, 4.69) is 4.98 Å². The number of carboxylic acid groups (broad SMARTS) is 1. The second-order valence-electron chi connectivity index (χ2n) is 4.83. The van der Waals surface area contributed by atoms with Crippen LogP contribution < -0.4 is 0 Å². The van der Waals surface area contributed by atoms with Crippen LogP contribution in [0.1, 0.15) is 20.2 Å². The van der Waals surface area contributed by atoms with Gasteiger partial charge in [-0.15, -0.1) is 11.3 Å². The predicted molar refractivity (Wildman–Crippen MR) is 91.5 cm³/mol. The Labute approximate surface area is 137 Å². The van der Waals surface area contributed by atoms with Crippen molar-refractivity contribution in [2.75, 3.05) is 0 Å². The molecule has 1 aromatic heterocycles. The highest BCUT2D eigenvalue weighted by Crippen LogP contribution is 2.29. The van der Waals surface area contributed by atoms with Crippen molar-refractivity contribution < 1.29 is 15.0 Å². The predicted octanol–water partition coefficient (Wildman–Crippen LogP) is 4.38. The Morgan fingerprint density at radius 2 is 1.83 bits per heavy atom. The van der Waals surface area contributed by atoms with Crippen molar-refractivity contribution in [3.05, 3.63) is 70.0 Å². The minimum Gasteiger partial charge on any atom is -0.508 e. The van der Waals surface area contributed by atoms with Gasteiger partial charge in [-0.1, -0.05) is 48.5 Å². The van der Waals surface area contributed by atoms with E-state index in [1.165, 1.54) is 0 Å². The Morgan fingerprint density at radius 3 is 2.52 bits per heavy atom. The second-order valence-corrected chi connectivity index (χ2v) is 5.86. The number of carboxylic acids is 1. The SMILES string of the molecule is O=C(O)c1sc(/C=C/c2cccc(O)c2)nc1-c1ccccc1. The molecule has 1 heterocycles. The molecule has 0 saturated carbocycles. The Morgan fingerprint density at radius 1 is 1.04 bits per heavy atom. The second kappa shape index (κ2) is 6.46. The van der Waals surface area contributed by atoms with E-state index in [1.54, 1.807) is 30.4 Å². The monoisotopic (exact) mass is 323 g/mol. The highest BCUT2D eigenvalue weighted by atomic mass is 32.1. The molecule has 0 aliphatic heterocycles. The first-order chi connectivity index (χ1) is 11.1. The summed E-state index contributed by atoms with van der Waals surface area (Å²) in [5.41, 5.74) is 2.06. The number of phenols is 1. The molecule has 2 N–H and O–H groups in total. The van der Waals surface area contributed by atoms with Crippen LogP contribution in [-0.4, -0.2) is 21.2 Å². The highest BCUT2D eigenvalue weighted by molar-refractivity contribution is 7.15. The van der Waals surface area contributed by atoms with Crippen LogP contribution in [0.15, 0.2) is 54.6 Å². The van der Waals surface area contributed by atoms with Gasteiger partial charge < -0.3 is 10.2 Å². The molecule has 0 aliphatic carbocycles. The standard InChI is InChI=1S/C18H13NO3S/c20-14-8-4-5-12(11-14)9-10-15-19-16(17(23-15)18(21)22)13-6-2-1-3-7-13/h1-11,20H,(H,21,22)/b10-9+. The van der Waals surface area contributed by atoms with E-state index in [-0.39, 0.29) is 10.6 Å². The van der Waals surface area contributed by atoms with E-state index in [9.17, 15) is 15.0 Å². The van der Waals surface area contributed by atoms with Gasteiger partial charge >= 0.3 is 5.97 Å². The van der Waals surface area contributed by atoms with Gasteiger partial charge in [-0.25, -0.2) is 9.78 Å². The van der Waals surface area contributed by atoms with Crippen LogP contribution in [-0.2, 0) is 0 Å². The van der Waals surface area contributed by atoms with Crippen molar-refractivity contribution in [2.24, 2.45) is 0 Å². The molecule has 0 atom stereocenters. The Hall–Kier alpha value is -2.92. The maximum atomic E-state index is 11.4. The molecule has 0 radical (unpaired) electrons. The third-order valence-electron chi connectivity index (χ3n) is 3.17. The number of aromatic carboxylic acids is 1. The summed E-state index contributed by atoms with van der Waals surface area (Å²) < 4.78 is 0. The number of aromatic nitrogens is 1. The summed E-state index contributed by atoms with van der Waals surface area (Å²) in [6.07, 6.45) is 3.54. The van der Waals surface area contributed by atoms with E-state index in [1.807, 2.05) is 36.4 Å². The van der Waals surface area contributed by atoms with Crippen LogP contribution in [0.3, 0.4) is 0 Å². The van der Waals surface area contributed by atoms with Gasteiger partial charge in [0.25, 0.3) is 0 Å². The first-order valence-corrected chi connectivity index (χ1v) is 7.72. The molecule has 0 bridgehead atoms. The van der Waals surface area contributed by atoms with Gasteiger partial charge in [0.1, 0.15) is 15.6 Å². The minimum absolute atomic E-state index is 0.183. The van der Waals surface area contributed by atoms with Gasteiger partial charge in [-0.3, -0.25) is 0 Å². The number of thiazole rings is 1. The molecule has 0 unspecified atom stereocenters. The number of nitrogens with zero attached hydrogens (tertiary/aromatic N) is 1. The number of hydrogen-bond acceptors (Lipinski definition) is 4. The van der Waals surface area contributed by atoms with Gasteiger partial charge in [0.05, 0.1) is 5.69 Å². The summed E-state index contributed by atoms with van der Waals surface area (Å²) >= 11 is 1.13. The van der Waals surface area contributed by atoms with Crippen molar-refractivity contribution in [2.45, 2.75) is 0 Å². The van der Waals surface area contributed by atoms with E-state index >= 15 is 0 Å². The number of benzene rings is 2. The first-order valence-electron chi connectivity index (χ1n) is 6.90. The lowest BCUT2D eigenvalue weighted by molar-refractivity contribution is 0.0702. The summed E-state index contributed by atoms with van der Waals surface area (Å²) in [4.78, 5) is 16.1. The van der Waals surface area contributed by atoms with Crippen molar-refractivity contribution in [1.82, 2.24) is 4.98 Å². The molecule has 0 saturated heterocycles. The molecule has 5 heteroatoms. The largest absolute Gasteiger partial charge is 0.508 e. The number of hydrogen-bond donors (Lipinski definition) is 2. The maximum absolute atomic E-state index is 11.4. The molecule has 0 aliphatic rings. The van der Waals surface area contributed by atoms with Crippen LogP contribution >= 0.6 is 11.3 Å². The normalized spacial score (nSPS) is 11.0. The number of phenolic OH excluding ortho intramolecular Hbond substituents is 1. The Balaban J connectivity index is 1.97. The fourth-order valence-electron chi connectivity index (χ4n) is 2.14. The van der Waals surface area contributed by atoms with Crippen LogP contribution in [0, 0.1) is 0 Å². The summed E-state index contributed by atoms with van der Waals surface area (Å²) in [6.45, 7) is 0. The van der Waals surface area contributed by atoms with E-state index in [0.29, 0.717) is 10.7 Å². The zero-order valence-corrected chi connectivity index (χ0v) is 12.8. The van der Waals surface area contributed by atoms with Crippen LogP contribution in [0.4, 0.5) is 0 Å². The molecule has 114 valence electrons. The quantitative estimate of drug-likeness (QED) is 0.747.